The van der Waals surface area contributed by atoms with E-state index in [-0.39, 0.29) is 18.0 Å². The van der Waals surface area contributed by atoms with E-state index in [0.29, 0.717) is 13.2 Å². The molecule has 0 aromatic heterocycles. The average Bonchev–Trinajstić information content (AvgIpc) is 2.40. The summed E-state index contributed by atoms with van der Waals surface area (Å²) in [4.78, 5) is 12.0. The summed E-state index contributed by atoms with van der Waals surface area (Å²) in [6, 6.07) is 7.99. The van der Waals surface area contributed by atoms with Crippen molar-refractivity contribution in [1.82, 2.24) is 10.6 Å². The maximum Gasteiger partial charge on any atom is 0.240 e. The number of hydrogen-bond acceptors (Lipinski definition) is 3. The van der Waals surface area contributed by atoms with Crippen molar-refractivity contribution in [2.45, 2.75) is 25.9 Å². The summed E-state index contributed by atoms with van der Waals surface area (Å²) >= 11 is 0. The summed E-state index contributed by atoms with van der Waals surface area (Å²) in [6.45, 7) is 5.91. The molecular formula is C14H20N2O2. The highest BCUT2D eigenvalue weighted by Crippen LogP contribution is 2.13. The highest BCUT2D eigenvalue weighted by atomic mass is 16.5. The minimum absolute atomic E-state index is 0.00257. The summed E-state index contributed by atoms with van der Waals surface area (Å²) in [7, 11) is 0. The van der Waals surface area contributed by atoms with Gasteiger partial charge in [0.1, 0.15) is 6.04 Å². The van der Waals surface area contributed by atoms with E-state index in [2.05, 4.69) is 29.7 Å². The van der Waals surface area contributed by atoms with Crippen molar-refractivity contribution in [3.8, 4) is 0 Å². The monoisotopic (exact) mass is 248 g/mol. The molecule has 2 rings (SSSR count). The SMILES string of the molecule is Cc1ccc([C@H](C)NC(=O)C2COCCN2)cc1. The average molecular weight is 248 g/mol. The molecule has 0 saturated carbocycles. The van der Waals surface area contributed by atoms with Gasteiger partial charge in [0.2, 0.25) is 5.91 Å². The molecule has 0 aliphatic carbocycles. The third kappa shape index (κ3) is 3.31. The first-order valence-corrected chi connectivity index (χ1v) is 6.35. The van der Waals surface area contributed by atoms with Crippen LogP contribution in [-0.2, 0) is 9.53 Å². The van der Waals surface area contributed by atoms with E-state index in [1.54, 1.807) is 0 Å². The summed E-state index contributed by atoms with van der Waals surface area (Å²) in [5.41, 5.74) is 2.34. The molecule has 98 valence electrons. The van der Waals surface area contributed by atoms with Gasteiger partial charge in [0, 0.05) is 6.54 Å². The predicted molar refractivity (Wildman–Crippen MR) is 70.3 cm³/mol. The number of aryl methyl sites for hydroxylation is 1. The molecule has 4 nitrogen and oxygen atoms in total. The Hall–Kier alpha value is -1.39. The first-order valence-electron chi connectivity index (χ1n) is 6.35. The molecule has 2 N–H and O–H groups in total. The lowest BCUT2D eigenvalue weighted by Gasteiger charge is -2.25. The summed E-state index contributed by atoms with van der Waals surface area (Å²) in [5, 5.41) is 6.15. The molecule has 1 aromatic carbocycles. The largest absolute Gasteiger partial charge is 0.378 e. The molecule has 1 aliphatic heterocycles. The van der Waals surface area contributed by atoms with Crippen LogP contribution in [0.3, 0.4) is 0 Å². The third-order valence-electron chi connectivity index (χ3n) is 3.17. The molecule has 0 bridgehead atoms. The molecule has 1 unspecified atom stereocenters. The van der Waals surface area contributed by atoms with Crippen LogP contribution in [0.4, 0.5) is 0 Å². The van der Waals surface area contributed by atoms with Gasteiger partial charge in [-0.2, -0.15) is 0 Å². The Labute approximate surface area is 108 Å². The predicted octanol–water partition coefficient (Wildman–Crippen LogP) is 1.16. The first kappa shape index (κ1) is 13.1. The molecule has 1 saturated heterocycles. The summed E-state index contributed by atoms with van der Waals surface area (Å²) < 4.78 is 5.28. The Morgan fingerprint density at radius 1 is 1.44 bits per heavy atom. The Balaban J connectivity index is 1.91. The van der Waals surface area contributed by atoms with Crippen LogP contribution in [-0.4, -0.2) is 31.7 Å². The Bertz CT molecular complexity index is 397. The number of ether oxygens (including phenoxy) is 1. The number of carbonyl (C=O) groups excluding carboxylic acids is 1. The van der Waals surface area contributed by atoms with Crippen molar-refractivity contribution < 1.29 is 9.53 Å². The number of rotatable bonds is 3. The Morgan fingerprint density at radius 3 is 2.78 bits per heavy atom. The number of benzene rings is 1. The molecule has 1 heterocycles. The van der Waals surface area contributed by atoms with Gasteiger partial charge in [-0.05, 0) is 19.4 Å². The first-order chi connectivity index (χ1) is 8.66. The molecule has 1 aliphatic rings. The van der Waals surface area contributed by atoms with Crippen LogP contribution in [0.15, 0.2) is 24.3 Å². The van der Waals surface area contributed by atoms with Crippen LogP contribution in [0, 0.1) is 6.92 Å². The minimum Gasteiger partial charge on any atom is -0.378 e. The number of hydrogen-bond donors (Lipinski definition) is 2. The van der Waals surface area contributed by atoms with Gasteiger partial charge in [0.05, 0.1) is 19.3 Å². The number of amides is 1. The maximum absolute atomic E-state index is 12.0. The van der Waals surface area contributed by atoms with Crippen molar-refractivity contribution in [3.05, 3.63) is 35.4 Å². The van der Waals surface area contributed by atoms with Crippen LogP contribution >= 0.6 is 0 Å². The van der Waals surface area contributed by atoms with Gasteiger partial charge in [0.25, 0.3) is 0 Å². The quantitative estimate of drug-likeness (QED) is 0.844. The fraction of sp³-hybridized carbons (Fsp3) is 0.500. The molecular weight excluding hydrogens is 228 g/mol. The molecule has 1 amide bonds. The van der Waals surface area contributed by atoms with E-state index in [1.165, 1.54) is 5.56 Å². The zero-order valence-electron chi connectivity index (χ0n) is 10.9. The van der Waals surface area contributed by atoms with Crippen LogP contribution in [0.1, 0.15) is 24.1 Å². The molecule has 0 radical (unpaired) electrons. The zero-order chi connectivity index (χ0) is 13.0. The molecule has 18 heavy (non-hydrogen) atoms. The van der Waals surface area contributed by atoms with Crippen molar-refractivity contribution in [2.24, 2.45) is 0 Å². The second-order valence-electron chi connectivity index (χ2n) is 4.72. The van der Waals surface area contributed by atoms with E-state index >= 15 is 0 Å². The van der Waals surface area contributed by atoms with Crippen LogP contribution in [0.25, 0.3) is 0 Å². The zero-order valence-corrected chi connectivity index (χ0v) is 10.9. The third-order valence-corrected chi connectivity index (χ3v) is 3.17. The lowest BCUT2D eigenvalue weighted by Crippen LogP contribution is -2.51. The fourth-order valence-corrected chi connectivity index (χ4v) is 1.99. The summed E-state index contributed by atoms with van der Waals surface area (Å²) in [6.07, 6.45) is 0. The van der Waals surface area contributed by atoms with E-state index < -0.39 is 0 Å². The van der Waals surface area contributed by atoms with Gasteiger partial charge in [-0.25, -0.2) is 0 Å². The standard InChI is InChI=1S/C14H20N2O2/c1-10-3-5-12(6-4-10)11(2)16-14(17)13-9-18-8-7-15-13/h3-6,11,13,15H,7-9H2,1-2H3,(H,16,17)/t11-,13?/m0/s1. The van der Waals surface area contributed by atoms with E-state index in [9.17, 15) is 4.79 Å². The Kier molecular flexibility index (Phi) is 4.33. The van der Waals surface area contributed by atoms with Crippen LogP contribution in [0.2, 0.25) is 0 Å². The lowest BCUT2D eigenvalue weighted by molar-refractivity contribution is -0.126. The minimum atomic E-state index is -0.230. The molecule has 4 heteroatoms. The van der Waals surface area contributed by atoms with Gasteiger partial charge in [-0.3, -0.25) is 4.79 Å². The van der Waals surface area contributed by atoms with Gasteiger partial charge in [0.15, 0.2) is 0 Å². The highest BCUT2D eigenvalue weighted by molar-refractivity contribution is 5.82. The fourth-order valence-electron chi connectivity index (χ4n) is 1.99. The molecule has 1 fully saturated rings. The lowest BCUT2D eigenvalue weighted by atomic mass is 10.1. The van der Waals surface area contributed by atoms with Crippen molar-refractivity contribution in [3.63, 3.8) is 0 Å². The van der Waals surface area contributed by atoms with Crippen molar-refractivity contribution in [2.75, 3.05) is 19.8 Å². The van der Waals surface area contributed by atoms with Gasteiger partial charge in [-0.15, -0.1) is 0 Å². The number of carbonyl (C=O) groups is 1. The number of morpholine rings is 1. The second-order valence-corrected chi connectivity index (χ2v) is 4.72. The van der Waals surface area contributed by atoms with Crippen LogP contribution in [0.5, 0.6) is 0 Å². The van der Waals surface area contributed by atoms with E-state index in [1.807, 2.05) is 19.1 Å². The van der Waals surface area contributed by atoms with Crippen molar-refractivity contribution >= 4 is 5.91 Å². The van der Waals surface area contributed by atoms with Gasteiger partial charge >= 0.3 is 0 Å². The molecule has 1 aromatic rings. The van der Waals surface area contributed by atoms with Gasteiger partial charge in [-0.1, -0.05) is 29.8 Å². The van der Waals surface area contributed by atoms with E-state index in [0.717, 1.165) is 12.1 Å². The summed E-state index contributed by atoms with van der Waals surface area (Å²) in [5.74, 6) is 0.00257. The van der Waals surface area contributed by atoms with Crippen molar-refractivity contribution in [1.29, 1.82) is 0 Å². The van der Waals surface area contributed by atoms with Gasteiger partial charge < -0.3 is 15.4 Å². The second kappa shape index (κ2) is 5.98. The normalized spacial score (nSPS) is 21.3. The highest BCUT2D eigenvalue weighted by Gasteiger charge is 2.22. The topological polar surface area (TPSA) is 50.4 Å². The smallest absolute Gasteiger partial charge is 0.240 e. The molecule has 2 atom stereocenters. The van der Waals surface area contributed by atoms with E-state index in [4.69, 9.17) is 4.74 Å². The molecule has 0 spiro atoms. The van der Waals surface area contributed by atoms with Crippen LogP contribution < -0.4 is 10.6 Å². The maximum atomic E-state index is 12.0. The number of nitrogens with one attached hydrogen (secondary N) is 2. The Morgan fingerprint density at radius 2 is 2.17 bits per heavy atom.